The van der Waals surface area contributed by atoms with Crippen LogP contribution in [0, 0.1) is 0 Å². The number of alkyl halides is 3. The molecule has 6 heteroatoms. The van der Waals surface area contributed by atoms with Crippen LogP contribution in [0.4, 0.5) is 19.0 Å². The summed E-state index contributed by atoms with van der Waals surface area (Å²) >= 11 is 0. The molecule has 0 amide bonds. The maximum absolute atomic E-state index is 11.7. The van der Waals surface area contributed by atoms with Crippen LogP contribution < -0.4 is 5.32 Å². The molecule has 0 aromatic carbocycles. The summed E-state index contributed by atoms with van der Waals surface area (Å²) in [4.78, 5) is 4.01. The van der Waals surface area contributed by atoms with Gasteiger partial charge in [-0.2, -0.15) is 13.2 Å². The standard InChI is InChI=1S/C9H11F3N2O/c1-13-8-4-2-3-7(14-8)5-15-6-9(10,11)12/h2-4H,5-6H2,1H3,(H,13,14). The van der Waals surface area contributed by atoms with E-state index in [1.165, 1.54) is 0 Å². The molecule has 0 aliphatic rings. The van der Waals surface area contributed by atoms with E-state index in [0.717, 1.165) is 0 Å². The van der Waals surface area contributed by atoms with E-state index in [1.807, 2.05) is 0 Å². The molecule has 0 atom stereocenters. The Kier molecular flexibility index (Phi) is 3.90. The molecule has 0 unspecified atom stereocenters. The molecule has 1 N–H and O–H groups in total. The summed E-state index contributed by atoms with van der Waals surface area (Å²) in [5.74, 6) is 0.600. The van der Waals surface area contributed by atoms with Crippen molar-refractivity contribution in [2.24, 2.45) is 0 Å². The predicted molar refractivity (Wildman–Crippen MR) is 49.5 cm³/mol. The van der Waals surface area contributed by atoms with Gasteiger partial charge in [-0.25, -0.2) is 4.98 Å². The van der Waals surface area contributed by atoms with Crippen LogP contribution in [0.5, 0.6) is 0 Å². The number of nitrogens with zero attached hydrogens (tertiary/aromatic N) is 1. The predicted octanol–water partition coefficient (Wildman–Crippen LogP) is 2.20. The molecule has 84 valence electrons. The van der Waals surface area contributed by atoms with Crippen molar-refractivity contribution in [3.05, 3.63) is 23.9 Å². The lowest BCUT2D eigenvalue weighted by Gasteiger charge is -2.07. The number of rotatable bonds is 4. The normalized spacial score (nSPS) is 11.5. The van der Waals surface area contributed by atoms with Gasteiger partial charge in [-0.1, -0.05) is 6.07 Å². The SMILES string of the molecule is CNc1cccc(COCC(F)(F)F)n1. The number of nitrogens with one attached hydrogen (secondary N) is 1. The second-order valence-electron chi connectivity index (χ2n) is 2.87. The van der Waals surface area contributed by atoms with E-state index >= 15 is 0 Å². The Morgan fingerprint density at radius 2 is 2.13 bits per heavy atom. The van der Waals surface area contributed by atoms with E-state index < -0.39 is 12.8 Å². The molecule has 0 aliphatic carbocycles. The number of aromatic nitrogens is 1. The fraction of sp³-hybridized carbons (Fsp3) is 0.444. The number of hydrogen-bond acceptors (Lipinski definition) is 3. The third-order valence-electron chi connectivity index (χ3n) is 1.58. The number of hydrogen-bond donors (Lipinski definition) is 1. The fourth-order valence-corrected chi connectivity index (χ4v) is 0.971. The molecule has 0 aliphatic heterocycles. The van der Waals surface area contributed by atoms with Crippen LogP contribution in [0.1, 0.15) is 5.69 Å². The van der Waals surface area contributed by atoms with Gasteiger partial charge in [0.1, 0.15) is 12.4 Å². The Balaban J connectivity index is 2.44. The number of anilines is 1. The molecule has 0 fully saturated rings. The highest BCUT2D eigenvalue weighted by molar-refractivity contribution is 5.33. The Labute approximate surface area is 85.3 Å². The molecular formula is C9H11F3N2O. The van der Waals surface area contributed by atoms with Crippen LogP contribution >= 0.6 is 0 Å². The van der Waals surface area contributed by atoms with Crippen molar-refractivity contribution < 1.29 is 17.9 Å². The van der Waals surface area contributed by atoms with Crippen molar-refractivity contribution in [1.82, 2.24) is 4.98 Å². The molecule has 15 heavy (non-hydrogen) atoms. The molecule has 3 nitrogen and oxygen atoms in total. The van der Waals surface area contributed by atoms with Crippen LogP contribution in [0.25, 0.3) is 0 Å². The summed E-state index contributed by atoms with van der Waals surface area (Å²) in [6.07, 6.45) is -4.29. The van der Waals surface area contributed by atoms with E-state index in [0.29, 0.717) is 11.5 Å². The van der Waals surface area contributed by atoms with Gasteiger partial charge < -0.3 is 10.1 Å². The van der Waals surface area contributed by atoms with E-state index in [9.17, 15) is 13.2 Å². The number of ether oxygens (including phenoxy) is 1. The quantitative estimate of drug-likeness (QED) is 0.844. The Hall–Kier alpha value is -1.30. The van der Waals surface area contributed by atoms with Crippen molar-refractivity contribution in [2.45, 2.75) is 12.8 Å². The maximum Gasteiger partial charge on any atom is 0.411 e. The molecule has 1 rings (SSSR count). The van der Waals surface area contributed by atoms with Gasteiger partial charge in [0.25, 0.3) is 0 Å². The summed E-state index contributed by atoms with van der Waals surface area (Å²) in [6.45, 7) is -1.40. The smallest absolute Gasteiger partial charge is 0.373 e. The lowest BCUT2D eigenvalue weighted by atomic mass is 10.3. The van der Waals surface area contributed by atoms with Gasteiger partial charge in [0, 0.05) is 7.05 Å². The first kappa shape index (κ1) is 11.8. The van der Waals surface area contributed by atoms with Gasteiger partial charge in [0.15, 0.2) is 0 Å². The van der Waals surface area contributed by atoms with Crippen molar-refractivity contribution >= 4 is 5.82 Å². The van der Waals surface area contributed by atoms with Crippen LogP contribution in [0.2, 0.25) is 0 Å². The summed E-state index contributed by atoms with van der Waals surface area (Å²) in [5.41, 5.74) is 0.464. The molecular weight excluding hydrogens is 209 g/mol. The molecule has 0 radical (unpaired) electrons. The minimum atomic E-state index is -4.29. The molecule has 1 heterocycles. The zero-order valence-electron chi connectivity index (χ0n) is 8.14. The summed E-state index contributed by atoms with van der Waals surface area (Å²) in [6, 6.07) is 5.02. The molecule has 0 bridgehead atoms. The van der Waals surface area contributed by atoms with E-state index in [1.54, 1.807) is 25.2 Å². The Morgan fingerprint density at radius 3 is 2.73 bits per heavy atom. The van der Waals surface area contributed by atoms with Crippen LogP contribution in [-0.4, -0.2) is 24.8 Å². The molecule has 1 aromatic heterocycles. The summed E-state index contributed by atoms with van der Waals surface area (Å²) in [7, 11) is 1.68. The first-order chi connectivity index (χ1) is 7.01. The van der Waals surface area contributed by atoms with Crippen molar-refractivity contribution in [1.29, 1.82) is 0 Å². The summed E-state index contributed by atoms with van der Waals surface area (Å²) < 4.78 is 39.7. The average Bonchev–Trinajstić information content (AvgIpc) is 2.16. The molecule has 0 spiro atoms. The van der Waals surface area contributed by atoms with Crippen LogP contribution in [-0.2, 0) is 11.3 Å². The van der Waals surface area contributed by atoms with Gasteiger partial charge >= 0.3 is 6.18 Å². The monoisotopic (exact) mass is 220 g/mol. The zero-order chi connectivity index (χ0) is 11.3. The second-order valence-corrected chi connectivity index (χ2v) is 2.87. The van der Waals surface area contributed by atoms with E-state index in [4.69, 9.17) is 0 Å². The lowest BCUT2D eigenvalue weighted by Crippen LogP contribution is -2.17. The minimum Gasteiger partial charge on any atom is -0.373 e. The Morgan fingerprint density at radius 1 is 1.40 bits per heavy atom. The van der Waals surface area contributed by atoms with Gasteiger partial charge in [0.2, 0.25) is 0 Å². The third-order valence-corrected chi connectivity index (χ3v) is 1.58. The first-order valence-electron chi connectivity index (χ1n) is 4.29. The molecule has 0 saturated heterocycles. The van der Waals surface area contributed by atoms with Crippen molar-refractivity contribution in [2.75, 3.05) is 19.0 Å². The van der Waals surface area contributed by atoms with Crippen LogP contribution in [0.15, 0.2) is 18.2 Å². The topological polar surface area (TPSA) is 34.1 Å². The Bertz CT molecular complexity index is 314. The number of pyridine rings is 1. The molecule has 1 aromatic rings. The number of halogens is 3. The second kappa shape index (κ2) is 4.97. The van der Waals surface area contributed by atoms with Gasteiger partial charge in [0.05, 0.1) is 12.3 Å². The van der Waals surface area contributed by atoms with Crippen LogP contribution in [0.3, 0.4) is 0 Å². The molecule has 0 saturated carbocycles. The zero-order valence-corrected chi connectivity index (χ0v) is 8.14. The van der Waals surface area contributed by atoms with Crippen molar-refractivity contribution in [3.8, 4) is 0 Å². The minimum absolute atomic E-state index is 0.144. The van der Waals surface area contributed by atoms with Gasteiger partial charge in [-0.05, 0) is 12.1 Å². The van der Waals surface area contributed by atoms with Crippen molar-refractivity contribution in [3.63, 3.8) is 0 Å². The highest BCUT2D eigenvalue weighted by atomic mass is 19.4. The lowest BCUT2D eigenvalue weighted by molar-refractivity contribution is -0.176. The van der Waals surface area contributed by atoms with Gasteiger partial charge in [-0.3, -0.25) is 0 Å². The summed E-state index contributed by atoms with van der Waals surface area (Å²) in [5, 5.41) is 2.79. The largest absolute Gasteiger partial charge is 0.411 e. The van der Waals surface area contributed by atoms with E-state index in [-0.39, 0.29) is 6.61 Å². The maximum atomic E-state index is 11.7. The highest BCUT2D eigenvalue weighted by Crippen LogP contribution is 2.15. The highest BCUT2D eigenvalue weighted by Gasteiger charge is 2.27. The fourth-order valence-electron chi connectivity index (χ4n) is 0.971. The third kappa shape index (κ3) is 4.64. The first-order valence-corrected chi connectivity index (χ1v) is 4.29. The van der Waals surface area contributed by atoms with E-state index in [2.05, 4.69) is 15.0 Å². The van der Waals surface area contributed by atoms with Gasteiger partial charge in [-0.15, -0.1) is 0 Å². The average molecular weight is 220 g/mol.